The number of nitrogens with zero attached hydrogens (tertiary/aromatic N) is 3. The van der Waals surface area contributed by atoms with Crippen molar-refractivity contribution in [1.82, 2.24) is 20.0 Å². The summed E-state index contributed by atoms with van der Waals surface area (Å²) in [5.41, 5.74) is 3.77. The number of amides is 1. The van der Waals surface area contributed by atoms with Crippen molar-refractivity contribution >= 4 is 16.8 Å². The zero-order valence-electron chi connectivity index (χ0n) is 19.8. The molecule has 2 aliphatic rings. The van der Waals surface area contributed by atoms with Gasteiger partial charge in [-0.25, -0.2) is 0 Å². The Morgan fingerprint density at radius 3 is 2.65 bits per heavy atom. The molecule has 7 nitrogen and oxygen atoms in total. The molecule has 2 aromatic carbocycles. The summed E-state index contributed by atoms with van der Waals surface area (Å²) in [4.78, 5) is 15.8. The largest absolute Gasteiger partial charge is 0.508 e. The number of aromatic nitrogens is 2. The number of rotatable bonds is 6. The molecule has 1 amide bonds. The van der Waals surface area contributed by atoms with Crippen LogP contribution in [0.4, 0.5) is 0 Å². The summed E-state index contributed by atoms with van der Waals surface area (Å²) in [6, 6.07) is 15.9. The molecule has 1 unspecified atom stereocenters. The number of aromatic hydroxyl groups is 1. The molecule has 3 heterocycles. The minimum Gasteiger partial charge on any atom is -0.508 e. The van der Waals surface area contributed by atoms with E-state index >= 15 is 0 Å². The fraction of sp³-hybridized carbons (Fsp3) is 0.407. The van der Waals surface area contributed by atoms with Crippen LogP contribution < -0.4 is 5.32 Å². The Kier molecular flexibility index (Phi) is 6.39. The molecule has 178 valence electrons. The number of morpholine rings is 1. The van der Waals surface area contributed by atoms with E-state index in [1.165, 1.54) is 5.57 Å². The molecule has 3 aromatic rings. The molecule has 0 aliphatic carbocycles. The minimum absolute atomic E-state index is 0.0773. The molecular formula is C27H32N4O3. The van der Waals surface area contributed by atoms with Crippen molar-refractivity contribution in [2.24, 2.45) is 0 Å². The highest BCUT2D eigenvalue weighted by Gasteiger charge is 2.39. The van der Waals surface area contributed by atoms with Crippen molar-refractivity contribution < 1.29 is 14.6 Å². The Morgan fingerprint density at radius 2 is 1.91 bits per heavy atom. The first kappa shape index (κ1) is 22.6. The Morgan fingerprint density at radius 1 is 1.15 bits per heavy atom. The van der Waals surface area contributed by atoms with Crippen LogP contribution in [0, 0.1) is 0 Å². The number of hydrogen-bond acceptors (Lipinski definition) is 5. The molecule has 0 radical (unpaired) electrons. The van der Waals surface area contributed by atoms with Gasteiger partial charge in [0.25, 0.3) is 5.91 Å². The molecule has 2 aliphatic heterocycles. The molecule has 0 spiro atoms. The number of hydrogen-bond donors (Lipinski definition) is 2. The highest BCUT2D eigenvalue weighted by molar-refractivity contribution is 6.05. The third-order valence-electron chi connectivity index (χ3n) is 6.83. The van der Waals surface area contributed by atoms with E-state index in [-0.39, 0.29) is 29.8 Å². The Balaban J connectivity index is 1.31. The second-order valence-corrected chi connectivity index (χ2v) is 9.66. The van der Waals surface area contributed by atoms with Gasteiger partial charge in [-0.05, 0) is 50.5 Å². The number of benzene rings is 2. The number of ether oxygens (including phenoxy) is 1. The fourth-order valence-electron chi connectivity index (χ4n) is 5.19. The molecule has 2 fully saturated rings. The quantitative estimate of drug-likeness (QED) is 0.546. The molecule has 5 rings (SSSR count). The number of carbonyl (C=O) groups is 1. The van der Waals surface area contributed by atoms with Gasteiger partial charge in [-0.15, -0.1) is 0 Å². The van der Waals surface area contributed by atoms with Crippen molar-refractivity contribution in [3.8, 4) is 5.75 Å². The number of para-hydroxylation sites is 1. The molecule has 34 heavy (non-hydrogen) atoms. The van der Waals surface area contributed by atoms with Gasteiger partial charge < -0.3 is 15.2 Å². The molecule has 2 bridgehead atoms. The summed E-state index contributed by atoms with van der Waals surface area (Å²) in [6.07, 6.45) is 3.78. The van der Waals surface area contributed by atoms with Crippen LogP contribution >= 0.6 is 0 Å². The number of fused-ring (bicyclic) bond motifs is 3. The lowest BCUT2D eigenvalue weighted by molar-refractivity contribution is -0.0843. The lowest BCUT2D eigenvalue weighted by Gasteiger charge is -2.48. The molecule has 2 saturated heterocycles. The van der Waals surface area contributed by atoms with Crippen LogP contribution in [0.5, 0.6) is 5.75 Å². The monoisotopic (exact) mass is 460 g/mol. The van der Waals surface area contributed by atoms with Crippen LogP contribution in [0.3, 0.4) is 0 Å². The summed E-state index contributed by atoms with van der Waals surface area (Å²) in [7, 11) is 0. The maximum atomic E-state index is 13.3. The summed E-state index contributed by atoms with van der Waals surface area (Å²) in [5, 5.41) is 18.7. The average molecular weight is 461 g/mol. The summed E-state index contributed by atoms with van der Waals surface area (Å²) < 4.78 is 7.75. The van der Waals surface area contributed by atoms with Crippen LogP contribution in [-0.4, -0.2) is 57.0 Å². The fourth-order valence-corrected chi connectivity index (χ4v) is 5.19. The summed E-state index contributed by atoms with van der Waals surface area (Å²) in [5.74, 6) is 0.176. The zero-order chi connectivity index (χ0) is 23.7. The van der Waals surface area contributed by atoms with E-state index in [0.29, 0.717) is 25.5 Å². The summed E-state index contributed by atoms with van der Waals surface area (Å²) in [6.45, 7) is 6.85. The van der Waals surface area contributed by atoms with E-state index in [4.69, 9.17) is 4.74 Å². The molecule has 2 N–H and O–H groups in total. The maximum Gasteiger partial charge on any atom is 0.272 e. The van der Waals surface area contributed by atoms with Gasteiger partial charge in [-0.1, -0.05) is 42.0 Å². The Hall–Kier alpha value is -3.16. The first-order valence-electron chi connectivity index (χ1n) is 12.0. The zero-order valence-corrected chi connectivity index (χ0v) is 19.8. The van der Waals surface area contributed by atoms with E-state index in [1.54, 1.807) is 6.07 Å². The molecule has 1 aromatic heterocycles. The molecular weight excluding hydrogens is 428 g/mol. The van der Waals surface area contributed by atoms with Gasteiger partial charge >= 0.3 is 0 Å². The van der Waals surface area contributed by atoms with Gasteiger partial charge in [0.2, 0.25) is 0 Å². The van der Waals surface area contributed by atoms with Crippen molar-refractivity contribution in [1.29, 1.82) is 0 Å². The topological polar surface area (TPSA) is 79.6 Å². The van der Waals surface area contributed by atoms with Gasteiger partial charge in [0.05, 0.1) is 25.3 Å². The second-order valence-electron chi connectivity index (χ2n) is 9.66. The predicted molar refractivity (Wildman–Crippen MR) is 132 cm³/mol. The van der Waals surface area contributed by atoms with Gasteiger partial charge in [-0.2, -0.15) is 5.10 Å². The van der Waals surface area contributed by atoms with E-state index < -0.39 is 0 Å². The van der Waals surface area contributed by atoms with Gasteiger partial charge in [-0.3, -0.25) is 14.4 Å². The number of nitrogens with one attached hydrogen (secondary N) is 1. The number of piperidine rings is 1. The van der Waals surface area contributed by atoms with Crippen LogP contribution in [0.2, 0.25) is 0 Å². The molecule has 3 atom stereocenters. The number of carbonyl (C=O) groups excluding carboxylic acids is 1. The average Bonchev–Trinajstić information content (AvgIpc) is 3.17. The minimum atomic E-state index is -0.113. The number of allylic oxidation sites excluding steroid dienone is 2. The lowest BCUT2D eigenvalue weighted by Crippen LogP contribution is -2.60. The number of phenols is 1. The van der Waals surface area contributed by atoms with E-state index in [2.05, 4.69) is 35.2 Å². The third-order valence-corrected chi connectivity index (χ3v) is 6.83. The Bertz CT molecular complexity index is 1200. The first-order chi connectivity index (χ1) is 16.5. The van der Waals surface area contributed by atoms with Crippen LogP contribution in [0.1, 0.15) is 42.7 Å². The standard InChI is InChI=1S/C27H32N4O3/c1-18(2)10-11-31-25-9-4-3-8-24(25)26(29-31)27(33)28-20-13-21-16-34-17-22(14-20)30(21)15-19-6-5-7-23(32)12-19/h3-10,12,20-22,32H,11,13-17H2,1-2H3,(H,28,33)/t20?,21-,22+. The highest BCUT2D eigenvalue weighted by Crippen LogP contribution is 2.30. The van der Waals surface area contributed by atoms with Gasteiger partial charge in [0.15, 0.2) is 5.69 Å². The van der Waals surface area contributed by atoms with Crippen LogP contribution in [0.15, 0.2) is 60.2 Å². The van der Waals surface area contributed by atoms with E-state index in [1.807, 2.05) is 47.1 Å². The van der Waals surface area contributed by atoms with Crippen molar-refractivity contribution in [2.75, 3.05) is 13.2 Å². The smallest absolute Gasteiger partial charge is 0.272 e. The molecule has 7 heteroatoms. The van der Waals surface area contributed by atoms with Crippen molar-refractivity contribution in [3.05, 3.63) is 71.4 Å². The van der Waals surface area contributed by atoms with Gasteiger partial charge in [0.1, 0.15) is 5.75 Å². The van der Waals surface area contributed by atoms with Gasteiger partial charge in [0, 0.05) is 30.1 Å². The normalized spacial score (nSPS) is 22.5. The first-order valence-corrected chi connectivity index (χ1v) is 12.0. The van der Waals surface area contributed by atoms with Crippen molar-refractivity contribution in [2.45, 2.75) is 57.9 Å². The lowest BCUT2D eigenvalue weighted by atomic mass is 9.89. The van der Waals surface area contributed by atoms with Crippen LogP contribution in [0.25, 0.3) is 10.9 Å². The van der Waals surface area contributed by atoms with E-state index in [0.717, 1.165) is 35.9 Å². The van der Waals surface area contributed by atoms with Crippen molar-refractivity contribution in [3.63, 3.8) is 0 Å². The van der Waals surface area contributed by atoms with Crippen LogP contribution in [-0.2, 0) is 17.8 Å². The second kappa shape index (κ2) is 9.60. The highest BCUT2D eigenvalue weighted by atomic mass is 16.5. The summed E-state index contributed by atoms with van der Waals surface area (Å²) >= 11 is 0. The predicted octanol–water partition coefficient (Wildman–Crippen LogP) is 3.87. The SMILES string of the molecule is CC(C)=CCn1nc(C(=O)NC2C[C@H]3COC[C@@H](C2)N3Cc2cccc(O)c2)c2ccccc21. The number of phenolic OH excluding ortho intramolecular Hbond substituents is 1. The third kappa shape index (κ3) is 4.72. The maximum absolute atomic E-state index is 13.3. The molecule has 0 saturated carbocycles. The Labute approximate surface area is 200 Å². The van der Waals surface area contributed by atoms with E-state index in [9.17, 15) is 9.90 Å².